The molecule has 1 heterocycles. The second-order valence-corrected chi connectivity index (χ2v) is 4.56. The monoisotopic (exact) mass is 229 g/mol. The van der Waals surface area contributed by atoms with Gasteiger partial charge in [-0.25, -0.2) is 0 Å². The third-order valence-electron chi connectivity index (χ3n) is 2.91. The summed E-state index contributed by atoms with van der Waals surface area (Å²) in [5, 5.41) is 7.60. The average Bonchev–Trinajstić information content (AvgIpc) is 2.69. The number of hydrogen-bond acceptors (Lipinski definition) is 2. The lowest BCUT2D eigenvalue weighted by atomic mass is 10.1. The fraction of sp³-hybridized carbons (Fsp3) is 0.357. The lowest BCUT2D eigenvalue weighted by molar-refractivity contribution is 0.689. The SMILES string of the molecule is Cc1ccc(C)c(CNCc2cnn(C)c2)c1. The molecular weight excluding hydrogens is 210 g/mol. The summed E-state index contributed by atoms with van der Waals surface area (Å²) >= 11 is 0. The highest BCUT2D eigenvalue weighted by molar-refractivity contribution is 5.30. The van der Waals surface area contributed by atoms with E-state index in [2.05, 4.69) is 42.5 Å². The second kappa shape index (κ2) is 5.15. The molecule has 1 aromatic carbocycles. The molecule has 0 spiro atoms. The summed E-state index contributed by atoms with van der Waals surface area (Å²) in [6, 6.07) is 6.57. The Morgan fingerprint density at radius 1 is 1.24 bits per heavy atom. The number of rotatable bonds is 4. The molecular formula is C14H19N3. The first-order valence-electron chi connectivity index (χ1n) is 5.89. The molecule has 0 aliphatic rings. The maximum Gasteiger partial charge on any atom is 0.0534 e. The lowest BCUT2D eigenvalue weighted by Gasteiger charge is -2.08. The van der Waals surface area contributed by atoms with Gasteiger partial charge in [0.1, 0.15) is 0 Å². The first kappa shape index (κ1) is 11.9. The highest BCUT2D eigenvalue weighted by atomic mass is 15.2. The van der Waals surface area contributed by atoms with Gasteiger partial charge in [-0.1, -0.05) is 23.8 Å². The van der Waals surface area contributed by atoms with Crippen LogP contribution in [0.25, 0.3) is 0 Å². The van der Waals surface area contributed by atoms with E-state index in [4.69, 9.17) is 0 Å². The fourth-order valence-corrected chi connectivity index (χ4v) is 1.90. The maximum absolute atomic E-state index is 4.15. The number of aromatic nitrogens is 2. The predicted octanol–water partition coefficient (Wildman–Crippen LogP) is 2.33. The molecule has 0 saturated heterocycles. The van der Waals surface area contributed by atoms with Crippen LogP contribution in [0.5, 0.6) is 0 Å². The van der Waals surface area contributed by atoms with E-state index in [0.29, 0.717) is 0 Å². The van der Waals surface area contributed by atoms with Crippen LogP contribution in [0.2, 0.25) is 0 Å². The zero-order valence-electron chi connectivity index (χ0n) is 10.7. The van der Waals surface area contributed by atoms with Crippen molar-refractivity contribution in [2.45, 2.75) is 26.9 Å². The largest absolute Gasteiger partial charge is 0.308 e. The molecule has 0 aliphatic heterocycles. The molecule has 0 saturated carbocycles. The number of aryl methyl sites for hydroxylation is 3. The van der Waals surface area contributed by atoms with Gasteiger partial charge in [-0.05, 0) is 25.0 Å². The smallest absolute Gasteiger partial charge is 0.0534 e. The minimum atomic E-state index is 0.862. The van der Waals surface area contributed by atoms with Crippen LogP contribution in [0.3, 0.4) is 0 Å². The van der Waals surface area contributed by atoms with Crippen LogP contribution < -0.4 is 5.32 Å². The van der Waals surface area contributed by atoms with Crippen LogP contribution in [0.4, 0.5) is 0 Å². The maximum atomic E-state index is 4.15. The van der Waals surface area contributed by atoms with E-state index in [1.807, 2.05) is 24.1 Å². The molecule has 17 heavy (non-hydrogen) atoms. The molecule has 1 N–H and O–H groups in total. The molecule has 0 unspecified atom stereocenters. The Labute approximate surface area is 102 Å². The van der Waals surface area contributed by atoms with Crippen LogP contribution in [0.1, 0.15) is 22.3 Å². The van der Waals surface area contributed by atoms with Gasteiger partial charge in [-0.3, -0.25) is 4.68 Å². The first-order valence-corrected chi connectivity index (χ1v) is 5.89. The van der Waals surface area contributed by atoms with Crippen molar-refractivity contribution in [1.29, 1.82) is 0 Å². The summed E-state index contributed by atoms with van der Waals surface area (Å²) in [5.74, 6) is 0. The highest BCUT2D eigenvalue weighted by Crippen LogP contribution is 2.10. The third-order valence-corrected chi connectivity index (χ3v) is 2.91. The standard InChI is InChI=1S/C14H19N3/c1-11-4-5-12(2)14(6-11)9-15-7-13-8-16-17(3)10-13/h4-6,8,10,15H,7,9H2,1-3H3. The number of hydrogen-bond donors (Lipinski definition) is 1. The Kier molecular flexibility index (Phi) is 3.59. The minimum Gasteiger partial charge on any atom is -0.308 e. The van der Waals surface area contributed by atoms with E-state index < -0.39 is 0 Å². The zero-order valence-corrected chi connectivity index (χ0v) is 10.7. The van der Waals surface area contributed by atoms with Gasteiger partial charge in [0.05, 0.1) is 6.20 Å². The lowest BCUT2D eigenvalue weighted by Crippen LogP contribution is -2.13. The van der Waals surface area contributed by atoms with Crippen molar-refractivity contribution in [1.82, 2.24) is 15.1 Å². The van der Waals surface area contributed by atoms with Gasteiger partial charge in [0.15, 0.2) is 0 Å². The highest BCUT2D eigenvalue weighted by Gasteiger charge is 1.99. The van der Waals surface area contributed by atoms with Crippen molar-refractivity contribution in [2.75, 3.05) is 0 Å². The average molecular weight is 229 g/mol. The topological polar surface area (TPSA) is 29.9 Å². The second-order valence-electron chi connectivity index (χ2n) is 4.56. The summed E-state index contributed by atoms with van der Waals surface area (Å²) in [6.07, 6.45) is 3.94. The van der Waals surface area contributed by atoms with Crippen LogP contribution in [-0.2, 0) is 20.1 Å². The van der Waals surface area contributed by atoms with Crippen LogP contribution >= 0.6 is 0 Å². The van der Waals surface area contributed by atoms with E-state index >= 15 is 0 Å². The fourth-order valence-electron chi connectivity index (χ4n) is 1.90. The van der Waals surface area contributed by atoms with Crippen LogP contribution in [0, 0.1) is 13.8 Å². The molecule has 2 aromatic rings. The molecule has 0 aliphatic carbocycles. The Hall–Kier alpha value is -1.61. The Morgan fingerprint density at radius 3 is 2.76 bits per heavy atom. The van der Waals surface area contributed by atoms with Gasteiger partial charge in [0.25, 0.3) is 0 Å². The molecule has 3 nitrogen and oxygen atoms in total. The van der Waals surface area contributed by atoms with Crippen molar-refractivity contribution in [3.05, 3.63) is 52.8 Å². The Balaban J connectivity index is 1.91. The van der Waals surface area contributed by atoms with Gasteiger partial charge in [0, 0.05) is 31.9 Å². The van der Waals surface area contributed by atoms with E-state index in [9.17, 15) is 0 Å². The summed E-state index contributed by atoms with van der Waals surface area (Å²) in [6.45, 7) is 6.05. The molecule has 1 aromatic heterocycles. The number of benzene rings is 1. The summed E-state index contributed by atoms with van der Waals surface area (Å²) < 4.78 is 1.83. The van der Waals surface area contributed by atoms with Crippen molar-refractivity contribution >= 4 is 0 Å². The van der Waals surface area contributed by atoms with Gasteiger partial charge in [0.2, 0.25) is 0 Å². The van der Waals surface area contributed by atoms with Gasteiger partial charge in [-0.15, -0.1) is 0 Å². The third kappa shape index (κ3) is 3.17. The number of nitrogens with zero attached hydrogens (tertiary/aromatic N) is 2. The molecule has 0 fully saturated rings. The summed E-state index contributed by atoms with van der Waals surface area (Å²) in [7, 11) is 1.94. The predicted molar refractivity (Wildman–Crippen MR) is 69.7 cm³/mol. The van der Waals surface area contributed by atoms with Crippen molar-refractivity contribution < 1.29 is 0 Å². The van der Waals surface area contributed by atoms with Crippen molar-refractivity contribution in [2.24, 2.45) is 7.05 Å². The molecule has 2 rings (SSSR count). The van der Waals surface area contributed by atoms with Gasteiger partial charge < -0.3 is 5.32 Å². The normalized spacial score (nSPS) is 10.8. The van der Waals surface area contributed by atoms with Crippen molar-refractivity contribution in [3.63, 3.8) is 0 Å². The van der Waals surface area contributed by atoms with Gasteiger partial charge >= 0.3 is 0 Å². The Bertz CT molecular complexity index is 500. The number of nitrogens with one attached hydrogen (secondary N) is 1. The molecule has 3 heteroatoms. The quantitative estimate of drug-likeness (QED) is 0.872. The molecule has 0 atom stereocenters. The zero-order chi connectivity index (χ0) is 12.3. The molecule has 90 valence electrons. The summed E-state index contributed by atoms with van der Waals surface area (Å²) in [4.78, 5) is 0. The molecule has 0 bridgehead atoms. The molecule has 0 amide bonds. The van der Waals surface area contributed by atoms with Crippen LogP contribution in [0.15, 0.2) is 30.6 Å². The minimum absolute atomic E-state index is 0.862. The van der Waals surface area contributed by atoms with E-state index in [1.165, 1.54) is 22.3 Å². The van der Waals surface area contributed by atoms with E-state index in [1.54, 1.807) is 0 Å². The first-order chi connectivity index (χ1) is 8.15. The molecule has 0 radical (unpaired) electrons. The van der Waals surface area contributed by atoms with Crippen LogP contribution in [-0.4, -0.2) is 9.78 Å². The summed E-state index contributed by atoms with van der Waals surface area (Å²) in [5.41, 5.74) is 5.25. The Morgan fingerprint density at radius 2 is 2.06 bits per heavy atom. The van der Waals surface area contributed by atoms with Crippen molar-refractivity contribution in [3.8, 4) is 0 Å². The van der Waals surface area contributed by atoms with Gasteiger partial charge in [-0.2, -0.15) is 5.10 Å². The van der Waals surface area contributed by atoms with E-state index in [-0.39, 0.29) is 0 Å². The van der Waals surface area contributed by atoms with E-state index in [0.717, 1.165) is 13.1 Å².